The molecule has 0 radical (unpaired) electrons. The predicted octanol–water partition coefficient (Wildman–Crippen LogP) is 2.74. The summed E-state index contributed by atoms with van der Waals surface area (Å²) in [7, 11) is 0. The number of carbonyl (C=O) groups excluding carboxylic acids is 2. The second kappa shape index (κ2) is 7.57. The van der Waals surface area contributed by atoms with Gasteiger partial charge in [0.05, 0.1) is 6.54 Å². The van der Waals surface area contributed by atoms with Crippen LogP contribution in [0, 0.1) is 0 Å². The quantitative estimate of drug-likeness (QED) is 0.752. The van der Waals surface area contributed by atoms with E-state index in [1.54, 1.807) is 11.8 Å². The molecule has 1 atom stereocenters. The first-order valence-electron chi connectivity index (χ1n) is 8.27. The van der Waals surface area contributed by atoms with Crippen LogP contribution in [0.3, 0.4) is 0 Å². The second-order valence-electron chi connectivity index (χ2n) is 6.44. The Bertz CT molecular complexity index is 408. The highest BCUT2D eigenvalue weighted by atomic mass is 32.2. The van der Waals surface area contributed by atoms with Gasteiger partial charge in [0.25, 0.3) is 0 Å². The van der Waals surface area contributed by atoms with E-state index < -0.39 is 0 Å². The lowest BCUT2D eigenvalue weighted by Gasteiger charge is -2.37. The molecule has 2 aliphatic heterocycles. The number of hydrogen-bond donors (Lipinski definition) is 0. The molecule has 0 aromatic carbocycles. The molecule has 2 heterocycles. The molecule has 5 nitrogen and oxygen atoms in total. The molecule has 0 aromatic rings. The Morgan fingerprint density at radius 3 is 2.68 bits per heavy atom. The zero-order chi connectivity index (χ0) is 16.2. The number of amides is 2. The molecule has 126 valence electrons. The van der Waals surface area contributed by atoms with Gasteiger partial charge in [-0.3, -0.25) is 4.79 Å². The third-order valence-electron chi connectivity index (χ3n) is 4.78. The molecule has 2 amide bonds. The first-order chi connectivity index (χ1) is 10.5. The van der Waals surface area contributed by atoms with E-state index in [1.807, 2.05) is 16.1 Å². The van der Waals surface area contributed by atoms with E-state index in [1.165, 1.54) is 0 Å². The molecule has 22 heavy (non-hydrogen) atoms. The second-order valence-corrected chi connectivity index (χ2v) is 7.43. The van der Waals surface area contributed by atoms with Crippen LogP contribution in [0.1, 0.15) is 46.0 Å². The van der Waals surface area contributed by atoms with Crippen LogP contribution in [0.2, 0.25) is 0 Å². The molecule has 2 rings (SSSR count). The van der Waals surface area contributed by atoms with Gasteiger partial charge in [-0.1, -0.05) is 13.3 Å². The summed E-state index contributed by atoms with van der Waals surface area (Å²) in [5.41, 5.74) is -0.366. The largest absolute Gasteiger partial charge is 0.441 e. The summed E-state index contributed by atoms with van der Waals surface area (Å²) in [5, 5.41) is 0. The van der Waals surface area contributed by atoms with Crippen molar-refractivity contribution in [2.75, 3.05) is 31.6 Å². The normalized spacial score (nSPS) is 22.0. The van der Waals surface area contributed by atoms with Gasteiger partial charge < -0.3 is 14.5 Å². The molecule has 0 bridgehead atoms. The minimum atomic E-state index is -0.366. The van der Waals surface area contributed by atoms with E-state index in [0.717, 1.165) is 31.4 Å². The molecule has 0 N–H and O–H groups in total. The predicted molar refractivity (Wildman–Crippen MR) is 89.1 cm³/mol. The summed E-state index contributed by atoms with van der Waals surface area (Å²) in [6.45, 7) is 6.31. The monoisotopic (exact) mass is 328 g/mol. The Morgan fingerprint density at radius 1 is 1.41 bits per heavy atom. The summed E-state index contributed by atoms with van der Waals surface area (Å²) in [6.07, 6.45) is 6.04. The van der Waals surface area contributed by atoms with Crippen molar-refractivity contribution in [1.82, 2.24) is 9.80 Å². The van der Waals surface area contributed by atoms with Gasteiger partial charge in [0, 0.05) is 44.1 Å². The zero-order valence-electron chi connectivity index (χ0n) is 14.0. The van der Waals surface area contributed by atoms with Crippen molar-refractivity contribution in [3.05, 3.63) is 0 Å². The average molecular weight is 328 g/mol. The number of thioether (sulfide) groups is 1. The van der Waals surface area contributed by atoms with Crippen LogP contribution in [-0.2, 0) is 9.53 Å². The molecule has 0 aliphatic carbocycles. The van der Waals surface area contributed by atoms with Crippen molar-refractivity contribution in [2.45, 2.75) is 57.6 Å². The van der Waals surface area contributed by atoms with Gasteiger partial charge in [0.2, 0.25) is 5.91 Å². The lowest BCUT2D eigenvalue weighted by molar-refractivity contribution is -0.134. The third-order valence-corrected chi connectivity index (χ3v) is 5.40. The maximum atomic E-state index is 12.1. The van der Waals surface area contributed by atoms with Crippen LogP contribution >= 0.6 is 11.8 Å². The SMILES string of the molecule is CCC[C@H](C)N1CC2(CCN(C(=O)CCSC)CC2)OC1=O. The molecule has 2 fully saturated rings. The Kier molecular flexibility index (Phi) is 6.01. The molecule has 0 aromatic heterocycles. The first kappa shape index (κ1) is 17.4. The van der Waals surface area contributed by atoms with E-state index >= 15 is 0 Å². The number of hydrogen-bond acceptors (Lipinski definition) is 4. The third kappa shape index (κ3) is 3.89. The number of piperidine rings is 1. The minimum absolute atomic E-state index is 0.178. The summed E-state index contributed by atoms with van der Waals surface area (Å²) in [5.74, 6) is 1.10. The maximum Gasteiger partial charge on any atom is 0.410 e. The van der Waals surface area contributed by atoms with E-state index in [2.05, 4.69) is 13.8 Å². The molecule has 2 aliphatic rings. The molecule has 0 unspecified atom stereocenters. The van der Waals surface area contributed by atoms with Crippen LogP contribution in [0.15, 0.2) is 0 Å². The van der Waals surface area contributed by atoms with Gasteiger partial charge in [0.1, 0.15) is 5.60 Å². The summed E-state index contributed by atoms with van der Waals surface area (Å²) >= 11 is 1.70. The van der Waals surface area contributed by atoms with E-state index in [4.69, 9.17) is 4.74 Å². The molecule has 0 saturated carbocycles. The number of nitrogens with zero attached hydrogens (tertiary/aromatic N) is 2. The van der Waals surface area contributed by atoms with Crippen LogP contribution in [-0.4, -0.2) is 65.1 Å². The lowest BCUT2D eigenvalue weighted by atomic mass is 9.91. The number of likely N-dealkylation sites (tertiary alicyclic amines) is 1. The maximum absolute atomic E-state index is 12.1. The fourth-order valence-corrected chi connectivity index (χ4v) is 3.71. The van der Waals surface area contributed by atoms with Crippen LogP contribution in [0.5, 0.6) is 0 Å². The van der Waals surface area contributed by atoms with Crippen molar-refractivity contribution in [2.24, 2.45) is 0 Å². The number of rotatable bonds is 6. The van der Waals surface area contributed by atoms with Crippen LogP contribution in [0.4, 0.5) is 4.79 Å². The molecular formula is C16H28N2O3S. The molecule has 6 heteroatoms. The topological polar surface area (TPSA) is 49.9 Å². The smallest absolute Gasteiger partial charge is 0.410 e. The van der Waals surface area contributed by atoms with Crippen LogP contribution < -0.4 is 0 Å². The minimum Gasteiger partial charge on any atom is -0.441 e. The van der Waals surface area contributed by atoms with E-state index in [0.29, 0.717) is 26.1 Å². The van der Waals surface area contributed by atoms with Gasteiger partial charge in [0.15, 0.2) is 0 Å². The van der Waals surface area contributed by atoms with Crippen molar-refractivity contribution in [1.29, 1.82) is 0 Å². The highest BCUT2D eigenvalue weighted by molar-refractivity contribution is 7.98. The van der Waals surface area contributed by atoms with E-state index in [9.17, 15) is 9.59 Å². The highest BCUT2D eigenvalue weighted by Crippen LogP contribution is 2.34. The Hall–Kier alpha value is -0.910. The van der Waals surface area contributed by atoms with E-state index in [-0.39, 0.29) is 23.6 Å². The first-order valence-corrected chi connectivity index (χ1v) is 9.67. The Morgan fingerprint density at radius 2 is 2.09 bits per heavy atom. The van der Waals surface area contributed by atoms with Crippen molar-refractivity contribution < 1.29 is 14.3 Å². The van der Waals surface area contributed by atoms with Crippen molar-refractivity contribution in [3.8, 4) is 0 Å². The van der Waals surface area contributed by atoms with Gasteiger partial charge in [-0.2, -0.15) is 11.8 Å². The molecular weight excluding hydrogens is 300 g/mol. The van der Waals surface area contributed by atoms with Crippen molar-refractivity contribution in [3.63, 3.8) is 0 Å². The summed E-state index contributed by atoms with van der Waals surface area (Å²) in [6, 6.07) is 0.234. The number of ether oxygens (including phenoxy) is 1. The zero-order valence-corrected chi connectivity index (χ0v) is 14.8. The van der Waals surface area contributed by atoms with Crippen molar-refractivity contribution >= 4 is 23.8 Å². The summed E-state index contributed by atoms with van der Waals surface area (Å²) in [4.78, 5) is 28.0. The molecule has 1 spiro atoms. The summed E-state index contributed by atoms with van der Waals surface area (Å²) < 4.78 is 5.72. The van der Waals surface area contributed by atoms with Crippen LogP contribution in [0.25, 0.3) is 0 Å². The Labute approximate surface area is 137 Å². The van der Waals surface area contributed by atoms with Gasteiger partial charge in [-0.05, 0) is 19.6 Å². The fraction of sp³-hybridized carbons (Fsp3) is 0.875. The Balaban J connectivity index is 1.88. The van der Waals surface area contributed by atoms with Gasteiger partial charge in [-0.25, -0.2) is 4.79 Å². The molecule has 2 saturated heterocycles. The number of carbonyl (C=O) groups is 2. The highest BCUT2D eigenvalue weighted by Gasteiger charge is 2.48. The van der Waals surface area contributed by atoms with Gasteiger partial charge >= 0.3 is 6.09 Å². The fourth-order valence-electron chi connectivity index (χ4n) is 3.33. The lowest BCUT2D eigenvalue weighted by Crippen LogP contribution is -2.49. The van der Waals surface area contributed by atoms with Gasteiger partial charge in [-0.15, -0.1) is 0 Å². The average Bonchev–Trinajstić information content (AvgIpc) is 2.82. The standard InChI is InChI=1S/C16H28N2O3S/c1-4-5-13(2)18-12-16(21-15(18)20)7-9-17(10-8-16)14(19)6-11-22-3/h13H,4-12H2,1-3H3/t13-/m0/s1.